The summed E-state index contributed by atoms with van der Waals surface area (Å²) in [5.74, 6) is -0.623. The van der Waals surface area contributed by atoms with E-state index in [1.54, 1.807) is 24.3 Å². The molecule has 9 heteroatoms. The fourth-order valence-electron chi connectivity index (χ4n) is 4.26. The summed E-state index contributed by atoms with van der Waals surface area (Å²) in [4.78, 5) is 41.9. The number of ether oxygens (including phenoxy) is 1. The van der Waals surface area contributed by atoms with Crippen LogP contribution in [0.4, 0.5) is 5.69 Å². The molecule has 35 heavy (non-hydrogen) atoms. The van der Waals surface area contributed by atoms with Gasteiger partial charge in [0.1, 0.15) is 11.8 Å². The molecule has 0 bridgehead atoms. The molecule has 0 aliphatic heterocycles. The first-order valence-corrected chi connectivity index (χ1v) is 12.7. The fourth-order valence-corrected chi connectivity index (χ4v) is 5.07. The van der Waals surface area contributed by atoms with Crippen molar-refractivity contribution in [3.63, 3.8) is 0 Å². The molecule has 1 aliphatic carbocycles. The van der Waals surface area contributed by atoms with E-state index < -0.39 is 17.9 Å². The second-order valence-electron chi connectivity index (χ2n) is 8.23. The Balaban J connectivity index is 1.68. The number of hydrogen-bond donors (Lipinski definition) is 2. The maximum atomic E-state index is 13.7. The van der Waals surface area contributed by atoms with Gasteiger partial charge in [-0.15, -0.1) is 11.3 Å². The van der Waals surface area contributed by atoms with Crippen LogP contribution in [0.2, 0.25) is 0 Å². The van der Waals surface area contributed by atoms with E-state index in [1.807, 2.05) is 30.5 Å². The van der Waals surface area contributed by atoms with Crippen LogP contribution in [0.1, 0.15) is 54.1 Å². The van der Waals surface area contributed by atoms with Crippen LogP contribution in [-0.4, -0.2) is 36.9 Å². The van der Waals surface area contributed by atoms with Crippen LogP contribution in [-0.2, 0) is 9.59 Å². The van der Waals surface area contributed by atoms with E-state index >= 15 is 0 Å². The SMILES string of the molecule is CCOc1ccccc1N(C(=O)CNC(=O)c1ccco1)[C@@H](C(=O)NC1CCCC1)c1cccs1. The minimum absolute atomic E-state index is 0.0858. The summed E-state index contributed by atoms with van der Waals surface area (Å²) in [6.45, 7) is 1.93. The lowest BCUT2D eigenvalue weighted by atomic mass is 10.1. The standard InChI is InChI=1S/C26H29N3O5S/c1-2-33-20-12-6-5-11-19(20)29(23(30)17-27-25(31)21-13-7-15-34-21)24(22-14-8-16-35-22)26(32)28-18-9-3-4-10-18/h5-8,11-16,18,24H,2-4,9-10,17H2,1H3,(H,27,31)(H,28,32)/t24-/m1/s1. The average molecular weight is 496 g/mol. The number of carbonyl (C=O) groups excluding carboxylic acids is 3. The van der Waals surface area contributed by atoms with Gasteiger partial charge in [0.15, 0.2) is 5.76 Å². The second kappa shape index (κ2) is 11.7. The molecule has 4 rings (SSSR count). The molecule has 2 heterocycles. The predicted molar refractivity (Wildman–Crippen MR) is 134 cm³/mol. The van der Waals surface area contributed by atoms with Crippen molar-refractivity contribution < 1.29 is 23.5 Å². The van der Waals surface area contributed by atoms with Gasteiger partial charge >= 0.3 is 0 Å². The quantitative estimate of drug-likeness (QED) is 0.437. The Hall–Kier alpha value is -3.59. The van der Waals surface area contributed by atoms with Crippen LogP contribution < -0.4 is 20.3 Å². The van der Waals surface area contributed by atoms with Gasteiger partial charge in [0, 0.05) is 10.9 Å². The van der Waals surface area contributed by atoms with Crippen molar-refractivity contribution in [2.45, 2.75) is 44.7 Å². The summed E-state index contributed by atoms with van der Waals surface area (Å²) in [6.07, 6.45) is 5.38. The highest BCUT2D eigenvalue weighted by Gasteiger charge is 2.36. The fraction of sp³-hybridized carbons (Fsp3) is 0.346. The first-order valence-electron chi connectivity index (χ1n) is 11.8. The van der Waals surface area contributed by atoms with Crippen LogP contribution >= 0.6 is 11.3 Å². The number of rotatable bonds is 10. The molecule has 2 N–H and O–H groups in total. The topological polar surface area (TPSA) is 101 Å². The van der Waals surface area contributed by atoms with E-state index in [-0.39, 0.29) is 24.3 Å². The predicted octanol–water partition coefficient (Wildman–Crippen LogP) is 4.30. The van der Waals surface area contributed by atoms with Crippen molar-refractivity contribution in [1.82, 2.24) is 10.6 Å². The van der Waals surface area contributed by atoms with Gasteiger partial charge in [0.2, 0.25) is 11.8 Å². The second-order valence-corrected chi connectivity index (χ2v) is 9.21. The first-order chi connectivity index (χ1) is 17.1. The van der Waals surface area contributed by atoms with Gasteiger partial charge in [0.05, 0.1) is 25.1 Å². The molecular weight excluding hydrogens is 466 g/mol. The Bertz CT molecular complexity index is 1120. The van der Waals surface area contributed by atoms with Gasteiger partial charge in [-0.1, -0.05) is 31.0 Å². The van der Waals surface area contributed by atoms with Crippen LogP contribution in [0.3, 0.4) is 0 Å². The number of hydrogen-bond acceptors (Lipinski definition) is 6. The number of anilines is 1. The molecule has 0 unspecified atom stereocenters. The number of furan rings is 1. The minimum atomic E-state index is -0.912. The van der Waals surface area contributed by atoms with E-state index in [0.29, 0.717) is 18.0 Å². The number of carbonyl (C=O) groups is 3. The van der Waals surface area contributed by atoms with Gasteiger partial charge in [-0.05, 0) is 55.5 Å². The molecule has 3 aromatic rings. The summed E-state index contributed by atoms with van der Waals surface area (Å²) in [5, 5.41) is 7.62. The van der Waals surface area contributed by atoms with Crippen LogP contribution in [0.5, 0.6) is 5.75 Å². The Morgan fingerprint density at radius 1 is 1.11 bits per heavy atom. The molecule has 0 saturated heterocycles. The first kappa shape index (κ1) is 24.5. The van der Waals surface area contributed by atoms with Crippen LogP contribution in [0.25, 0.3) is 0 Å². The van der Waals surface area contributed by atoms with Crippen molar-refractivity contribution in [3.05, 3.63) is 70.8 Å². The monoisotopic (exact) mass is 495 g/mol. The molecule has 1 fully saturated rings. The van der Waals surface area contributed by atoms with E-state index in [2.05, 4.69) is 10.6 Å². The van der Waals surface area contributed by atoms with Crippen LogP contribution in [0, 0.1) is 0 Å². The van der Waals surface area contributed by atoms with Crippen molar-refractivity contribution >= 4 is 34.7 Å². The summed E-state index contributed by atoms with van der Waals surface area (Å²) in [5.41, 5.74) is 0.464. The number of benzene rings is 1. The highest BCUT2D eigenvalue weighted by Crippen LogP contribution is 2.36. The third-order valence-corrected chi connectivity index (χ3v) is 6.78. The van der Waals surface area contributed by atoms with E-state index in [0.717, 1.165) is 30.6 Å². The number of amides is 3. The van der Waals surface area contributed by atoms with Crippen LogP contribution in [0.15, 0.2) is 64.6 Å². The van der Waals surface area contributed by atoms with Gasteiger partial charge in [-0.3, -0.25) is 19.3 Å². The number of nitrogens with one attached hydrogen (secondary N) is 2. The Kier molecular flexibility index (Phi) is 8.20. The van der Waals surface area contributed by atoms with Crippen molar-refractivity contribution in [2.24, 2.45) is 0 Å². The normalized spacial score (nSPS) is 14.3. The van der Waals surface area contributed by atoms with Gasteiger partial charge in [-0.25, -0.2) is 0 Å². The Morgan fingerprint density at radius 2 is 1.91 bits per heavy atom. The molecule has 0 radical (unpaired) electrons. The molecule has 8 nitrogen and oxygen atoms in total. The molecule has 0 spiro atoms. The summed E-state index contributed by atoms with van der Waals surface area (Å²) < 4.78 is 10.9. The summed E-state index contributed by atoms with van der Waals surface area (Å²) in [6, 6.07) is 13.1. The maximum absolute atomic E-state index is 13.7. The van der Waals surface area contributed by atoms with Crippen molar-refractivity contribution in [1.29, 1.82) is 0 Å². The molecular formula is C26H29N3O5S. The smallest absolute Gasteiger partial charge is 0.287 e. The lowest BCUT2D eigenvalue weighted by Crippen LogP contribution is -2.49. The molecule has 2 aromatic heterocycles. The number of thiophene rings is 1. The lowest BCUT2D eigenvalue weighted by molar-refractivity contribution is -0.126. The Morgan fingerprint density at radius 3 is 2.60 bits per heavy atom. The number of nitrogens with zero attached hydrogens (tertiary/aromatic N) is 1. The molecule has 1 atom stereocenters. The lowest BCUT2D eigenvalue weighted by Gasteiger charge is -2.32. The van der Waals surface area contributed by atoms with Gasteiger partial charge in [-0.2, -0.15) is 0 Å². The third kappa shape index (κ3) is 5.92. The van der Waals surface area contributed by atoms with E-state index in [9.17, 15) is 14.4 Å². The molecule has 3 amide bonds. The molecule has 184 valence electrons. The van der Waals surface area contributed by atoms with Gasteiger partial charge in [0.25, 0.3) is 5.91 Å². The maximum Gasteiger partial charge on any atom is 0.287 e. The highest BCUT2D eigenvalue weighted by molar-refractivity contribution is 7.10. The average Bonchev–Trinajstić information content (AvgIpc) is 3.65. The van der Waals surface area contributed by atoms with Crippen molar-refractivity contribution in [2.75, 3.05) is 18.1 Å². The zero-order valence-corrected chi connectivity index (χ0v) is 20.4. The largest absolute Gasteiger partial charge is 0.492 e. The van der Waals surface area contributed by atoms with E-state index in [4.69, 9.17) is 9.15 Å². The minimum Gasteiger partial charge on any atom is -0.492 e. The molecule has 1 aromatic carbocycles. The zero-order valence-electron chi connectivity index (χ0n) is 19.6. The zero-order chi connectivity index (χ0) is 24.6. The third-order valence-electron chi connectivity index (χ3n) is 5.86. The highest BCUT2D eigenvalue weighted by atomic mass is 32.1. The molecule has 1 aliphatic rings. The molecule has 1 saturated carbocycles. The summed E-state index contributed by atoms with van der Waals surface area (Å²) in [7, 11) is 0. The van der Waals surface area contributed by atoms with Gasteiger partial charge < -0.3 is 19.8 Å². The summed E-state index contributed by atoms with van der Waals surface area (Å²) >= 11 is 1.40. The van der Waals surface area contributed by atoms with Crippen molar-refractivity contribution in [3.8, 4) is 5.75 Å². The van der Waals surface area contributed by atoms with E-state index in [1.165, 1.54) is 28.6 Å². The Labute approximate surface area is 208 Å². The number of para-hydroxylation sites is 2.